The Labute approximate surface area is 143 Å². The third-order valence-electron chi connectivity index (χ3n) is 4.38. The van der Waals surface area contributed by atoms with Crippen LogP contribution in [0.2, 0.25) is 0 Å². The molecule has 0 saturated carbocycles. The van der Waals surface area contributed by atoms with Crippen LogP contribution in [0.15, 0.2) is 18.2 Å². The molecule has 132 valence electrons. The number of hydrogen-bond acceptors (Lipinski definition) is 5. The van der Waals surface area contributed by atoms with E-state index in [2.05, 4.69) is 29.0 Å². The summed E-state index contributed by atoms with van der Waals surface area (Å²) in [5, 5.41) is 2.99. The molecule has 6 heteroatoms. The molecular formula is C18H27N3O3. The smallest absolute Gasteiger partial charge is 0.234 e. The van der Waals surface area contributed by atoms with Crippen LogP contribution in [0.3, 0.4) is 0 Å². The van der Waals surface area contributed by atoms with E-state index >= 15 is 0 Å². The minimum atomic E-state index is 0.0741. The molecule has 3 rings (SSSR count). The van der Waals surface area contributed by atoms with Crippen molar-refractivity contribution < 1.29 is 14.3 Å². The van der Waals surface area contributed by atoms with E-state index in [0.29, 0.717) is 19.0 Å². The first-order valence-corrected chi connectivity index (χ1v) is 8.70. The van der Waals surface area contributed by atoms with Gasteiger partial charge in [-0.1, -0.05) is 19.9 Å². The molecule has 1 aromatic rings. The average Bonchev–Trinajstić information content (AvgIpc) is 3.02. The van der Waals surface area contributed by atoms with Crippen molar-refractivity contribution in [2.24, 2.45) is 5.92 Å². The van der Waals surface area contributed by atoms with Gasteiger partial charge in [0.2, 0.25) is 12.7 Å². The summed E-state index contributed by atoms with van der Waals surface area (Å²) in [6.45, 7) is 10.9. The molecule has 24 heavy (non-hydrogen) atoms. The highest BCUT2D eigenvalue weighted by molar-refractivity contribution is 5.78. The quantitative estimate of drug-likeness (QED) is 0.851. The first kappa shape index (κ1) is 17.0. The van der Waals surface area contributed by atoms with Crippen LogP contribution in [0.4, 0.5) is 0 Å². The average molecular weight is 333 g/mol. The molecule has 1 fully saturated rings. The van der Waals surface area contributed by atoms with Crippen LogP contribution in [-0.2, 0) is 11.3 Å². The topological polar surface area (TPSA) is 54.0 Å². The number of fused-ring (bicyclic) bond motifs is 1. The zero-order valence-electron chi connectivity index (χ0n) is 14.6. The second-order valence-corrected chi connectivity index (χ2v) is 6.93. The lowest BCUT2D eigenvalue weighted by Gasteiger charge is -2.35. The number of hydrogen-bond donors (Lipinski definition) is 1. The van der Waals surface area contributed by atoms with Crippen LogP contribution in [0.5, 0.6) is 11.5 Å². The van der Waals surface area contributed by atoms with E-state index in [-0.39, 0.29) is 12.7 Å². The molecule has 0 unspecified atom stereocenters. The van der Waals surface area contributed by atoms with Crippen molar-refractivity contribution in [1.82, 2.24) is 15.1 Å². The van der Waals surface area contributed by atoms with E-state index in [4.69, 9.17) is 9.47 Å². The molecule has 1 amide bonds. The van der Waals surface area contributed by atoms with Crippen LogP contribution >= 0.6 is 0 Å². The van der Waals surface area contributed by atoms with Crippen molar-refractivity contribution in [3.63, 3.8) is 0 Å². The SMILES string of the molecule is CC(C)CN1CCN(CC(=O)NCc2ccc3c(c2)OCO3)CC1. The molecule has 0 atom stereocenters. The van der Waals surface area contributed by atoms with Gasteiger partial charge in [0.1, 0.15) is 0 Å². The molecule has 6 nitrogen and oxygen atoms in total. The van der Waals surface area contributed by atoms with Gasteiger partial charge in [0.25, 0.3) is 0 Å². The predicted octanol–water partition coefficient (Wildman–Crippen LogP) is 1.31. The van der Waals surface area contributed by atoms with Crippen molar-refractivity contribution >= 4 is 5.91 Å². The third-order valence-corrected chi connectivity index (χ3v) is 4.38. The van der Waals surface area contributed by atoms with Gasteiger partial charge in [-0.05, 0) is 23.6 Å². The predicted molar refractivity (Wildman–Crippen MR) is 92.1 cm³/mol. The number of amides is 1. The molecule has 2 aliphatic rings. The summed E-state index contributed by atoms with van der Waals surface area (Å²) in [5.74, 6) is 2.29. The van der Waals surface area contributed by atoms with Crippen LogP contribution in [0, 0.1) is 5.92 Å². The standard InChI is InChI=1S/C18H27N3O3/c1-14(2)11-20-5-7-21(8-6-20)12-18(22)19-10-15-3-4-16-17(9-15)24-13-23-16/h3-4,9,14H,5-8,10-13H2,1-2H3,(H,19,22). The second-order valence-electron chi connectivity index (χ2n) is 6.93. The molecule has 0 radical (unpaired) electrons. The summed E-state index contributed by atoms with van der Waals surface area (Å²) >= 11 is 0. The summed E-state index contributed by atoms with van der Waals surface area (Å²) < 4.78 is 10.6. The van der Waals surface area contributed by atoms with E-state index in [1.165, 1.54) is 0 Å². The minimum absolute atomic E-state index is 0.0741. The second kappa shape index (κ2) is 7.85. The van der Waals surface area contributed by atoms with Gasteiger partial charge in [-0.2, -0.15) is 0 Å². The van der Waals surface area contributed by atoms with Crippen molar-refractivity contribution in [2.45, 2.75) is 20.4 Å². The van der Waals surface area contributed by atoms with E-state index in [9.17, 15) is 4.79 Å². The summed E-state index contributed by atoms with van der Waals surface area (Å²) in [4.78, 5) is 16.9. The third kappa shape index (κ3) is 4.61. The minimum Gasteiger partial charge on any atom is -0.454 e. The summed E-state index contributed by atoms with van der Waals surface area (Å²) in [7, 11) is 0. The molecule has 2 aliphatic heterocycles. The van der Waals surface area contributed by atoms with Crippen molar-refractivity contribution in [1.29, 1.82) is 0 Å². The van der Waals surface area contributed by atoms with Crippen LogP contribution in [0.25, 0.3) is 0 Å². The monoisotopic (exact) mass is 333 g/mol. The van der Waals surface area contributed by atoms with Crippen molar-refractivity contribution in [2.75, 3.05) is 46.1 Å². The largest absolute Gasteiger partial charge is 0.454 e. The van der Waals surface area contributed by atoms with E-state index < -0.39 is 0 Å². The molecule has 1 N–H and O–H groups in total. The number of carbonyl (C=O) groups excluding carboxylic acids is 1. The number of piperazine rings is 1. The van der Waals surface area contributed by atoms with Gasteiger partial charge in [0.05, 0.1) is 6.54 Å². The fourth-order valence-electron chi connectivity index (χ4n) is 3.16. The van der Waals surface area contributed by atoms with Crippen LogP contribution in [-0.4, -0.2) is 61.8 Å². The Morgan fingerprint density at radius 2 is 1.83 bits per heavy atom. The maximum absolute atomic E-state index is 12.2. The lowest BCUT2D eigenvalue weighted by atomic mass is 10.2. The Morgan fingerprint density at radius 3 is 2.58 bits per heavy atom. The van der Waals surface area contributed by atoms with Gasteiger partial charge < -0.3 is 19.7 Å². The Balaban J connectivity index is 1.39. The molecule has 0 aliphatic carbocycles. The van der Waals surface area contributed by atoms with Gasteiger partial charge in [-0.25, -0.2) is 0 Å². The highest BCUT2D eigenvalue weighted by Crippen LogP contribution is 2.32. The Morgan fingerprint density at radius 1 is 1.12 bits per heavy atom. The van der Waals surface area contributed by atoms with Gasteiger partial charge >= 0.3 is 0 Å². The number of nitrogens with one attached hydrogen (secondary N) is 1. The van der Waals surface area contributed by atoms with E-state index in [1.54, 1.807) is 0 Å². The zero-order valence-corrected chi connectivity index (χ0v) is 14.6. The van der Waals surface area contributed by atoms with Gasteiger partial charge in [0.15, 0.2) is 11.5 Å². The van der Waals surface area contributed by atoms with Crippen molar-refractivity contribution in [3.05, 3.63) is 23.8 Å². The maximum Gasteiger partial charge on any atom is 0.234 e. The Hall–Kier alpha value is -1.79. The zero-order chi connectivity index (χ0) is 16.9. The molecule has 1 saturated heterocycles. The first-order chi connectivity index (χ1) is 11.6. The first-order valence-electron chi connectivity index (χ1n) is 8.70. The lowest BCUT2D eigenvalue weighted by molar-refractivity contribution is -0.122. The van der Waals surface area contributed by atoms with E-state index in [0.717, 1.165) is 49.8 Å². The molecule has 0 bridgehead atoms. The fraction of sp³-hybridized carbons (Fsp3) is 0.611. The normalized spacial score (nSPS) is 18.1. The fourth-order valence-corrected chi connectivity index (χ4v) is 3.16. The van der Waals surface area contributed by atoms with E-state index in [1.807, 2.05) is 18.2 Å². The number of ether oxygens (including phenoxy) is 2. The van der Waals surface area contributed by atoms with Crippen LogP contribution < -0.4 is 14.8 Å². The summed E-state index contributed by atoms with van der Waals surface area (Å²) in [6, 6.07) is 5.77. The molecule has 0 spiro atoms. The molecule has 2 heterocycles. The van der Waals surface area contributed by atoms with Gasteiger partial charge in [0, 0.05) is 39.3 Å². The number of nitrogens with zero attached hydrogens (tertiary/aromatic N) is 2. The Kier molecular flexibility index (Phi) is 5.58. The highest BCUT2D eigenvalue weighted by Gasteiger charge is 2.19. The van der Waals surface area contributed by atoms with Gasteiger partial charge in [-0.3, -0.25) is 9.69 Å². The number of rotatable bonds is 6. The van der Waals surface area contributed by atoms with Crippen molar-refractivity contribution in [3.8, 4) is 11.5 Å². The summed E-state index contributed by atoms with van der Waals surface area (Å²) in [5.41, 5.74) is 1.02. The van der Waals surface area contributed by atoms with Gasteiger partial charge in [-0.15, -0.1) is 0 Å². The summed E-state index contributed by atoms with van der Waals surface area (Å²) in [6.07, 6.45) is 0. The number of carbonyl (C=O) groups is 1. The lowest BCUT2D eigenvalue weighted by Crippen LogP contribution is -2.50. The number of benzene rings is 1. The molecule has 1 aromatic carbocycles. The van der Waals surface area contributed by atoms with Crippen LogP contribution in [0.1, 0.15) is 19.4 Å². The molecule has 0 aromatic heterocycles. The maximum atomic E-state index is 12.2. The Bertz CT molecular complexity index is 569. The highest BCUT2D eigenvalue weighted by atomic mass is 16.7. The molecular weight excluding hydrogens is 306 g/mol.